The molecule has 0 aromatic rings. The number of carbonyl (C=O) groups is 7. The molecule has 0 aliphatic rings. The lowest BCUT2D eigenvalue weighted by atomic mass is 10.1. The number of alkyl carbamates (subject to hydrolysis) is 4. The number of aliphatic hydroxyl groups is 1. The van der Waals surface area contributed by atoms with E-state index in [0.29, 0.717) is 58.5 Å². The highest BCUT2D eigenvalue weighted by atomic mass is 32.2. The van der Waals surface area contributed by atoms with E-state index in [1.807, 2.05) is 41.5 Å². The molecule has 0 bridgehead atoms. The van der Waals surface area contributed by atoms with Gasteiger partial charge in [-0.15, -0.1) is 0 Å². The Hall–Kier alpha value is -5.47. The Bertz CT molecular complexity index is 1670. The van der Waals surface area contributed by atoms with E-state index in [2.05, 4.69) is 45.7 Å². The van der Waals surface area contributed by atoms with E-state index in [4.69, 9.17) is 46.0 Å². The van der Waals surface area contributed by atoms with Crippen molar-refractivity contribution in [1.82, 2.24) is 21.3 Å². The number of nitrogens with one attached hydrogen (secondary N) is 4. The monoisotopic (exact) mass is 1110 g/mol. The molecule has 0 spiro atoms. The lowest BCUT2D eigenvalue weighted by molar-refractivity contribution is -0.156. The maximum Gasteiger partial charge on any atom is 0.436 e. The van der Waals surface area contributed by atoms with Gasteiger partial charge in [-0.25, -0.2) is 24.0 Å². The summed E-state index contributed by atoms with van der Waals surface area (Å²) in [6.07, 6.45) is 5.84. The number of amidine groups is 1. The summed E-state index contributed by atoms with van der Waals surface area (Å²) in [4.78, 5) is 91.2. The summed E-state index contributed by atoms with van der Waals surface area (Å²) in [5.74, 6) is -0.294. The lowest BCUT2D eigenvalue weighted by Crippen LogP contribution is -2.46. The number of hydrogen-bond acceptors (Lipinski definition) is 20. The van der Waals surface area contributed by atoms with Crippen LogP contribution in [0.15, 0.2) is 15.0 Å². The summed E-state index contributed by atoms with van der Waals surface area (Å²) in [6.45, 7) is 31.5. The number of amides is 5. The molecule has 0 aromatic heterocycles. The molecule has 25 nitrogen and oxygen atoms in total. The van der Waals surface area contributed by atoms with Crippen LogP contribution in [0.1, 0.15) is 182 Å². The zero-order valence-corrected chi connectivity index (χ0v) is 49.2. The van der Waals surface area contributed by atoms with E-state index in [-0.39, 0.29) is 61.9 Å². The van der Waals surface area contributed by atoms with E-state index < -0.39 is 47.3 Å². The highest BCUT2D eigenvalue weighted by molar-refractivity contribution is 8.13. The van der Waals surface area contributed by atoms with Crippen molar-refractivity contribution in [2.24, 2.45) is 32.2 Å². The zero-order chi connectivity index (χ0) is 59.1. The third-order valence-electron chi connectivity index (χ3n) is 7.01. The van der Waals surface area contributed by atoms with Gasteiger partial charge in [-0.3, -0.25) is 40.8 Å². The van der Waals surface area contributed by atoms with E-state index in [0.717, 1.165) is 50.3 Å². The van der Waals surface area contributed by atoms with Crippen molar-refractivity contribution in [3.63, 3.8) is 0 Å². The number of ether oxygens (including phenoxy) is 7. The fraction of sp³-hybridized carbons (Fsp3) is 0.800. The van der Waals surface area contributed by atoms with Crippen LogP contribution in [0.25, 0.3) is 0 Å². The van der Waals surface area contributed by atoms with Crippen LogP contribution in [0.2, 0.25) is 0 Å². The molecule has 448 valence electrons. The smallest absolute Gasteiger partial charge is 0.436 e. The molecule has 0 saturated heterocycles. The standard InChI is InChI=1S/C19H35N3O6.C10H18N2O4S.C10H21NO2.C8H18N4O2.C2H6O.CH4/c1-8-26-16(24)21-15(22-17(25)28-19(5,6)7)20-13-11-9-10-12-14(23)27-18(2,3)4;1-6-15-8(13)11-7(17-5)12-9(14)16-10(2,3)4;1-10(2,3)13-9(12)7-5-4-6-8-11;1-2-14-8(13)12-7(10)11-6-4-3-5-9;1-2-3;/h8-13H2,1-7H3,(H2,20,21,22,24,25);6H2,1-5H3,(H,11,12,13,14);4-8,11H2,1-3H3;2-6,9H2,1H3,(H3,10,11,12,13);3H,2H2,1H3;1H4. The van der Waals surface area contributed by atoms with Crippen LogP contribution in [0, 0.1) is 0 Å². The van der Waals surface area contributed by atoms with Crippen LogP contribution in [0.3, 0.4) is 0 Å². The largest absolute Gasteiger partial charge is 0.460 e. The molecule has 0 aliphatic heterocycles. The number of unbranched alkanes of at least 4 members (excludes halogenated alkanes) is 5. The molecule has 26 heteroatoms. The summed E-state index contributed by atoms with van der Waals surface area (Å²) in [5.41, 5.74) is 13.9. The van der Waals surface area contributed by atoms with Gasteiger partial charge in [0.15, 0.2) is 11.1 Å². The minimum absolute atomic E-state index is 0. The summed E-state index contributed by atoms with van der Waals surface area (Å²) >= 11 is 1.12. The van der Waals surface area contributed by atoms with Gasteiger partial charge in [0.05, 0.1) is 19.8 Å². The number of aliphatic hydroxyl groups excluding tert-OH is 1. The number of esters is 2. The molecule has 0 saturated carbocycles. The predicted molar refractivity (Wildman–Crippen MR) is 301 cm³/mol. The highest BCUT2D eigenvalue weighted by Gasteiger charge is 2.20. The second-order valence-corrected chi connectivity index (χ2v) is 20.0. The Balaban J connectivity index is -0.000000221. The molecule has 0 aromatic carbocycles. The summed E-state index contributed by atoms with van der Waals surface area (Å²) in [6, 6.07) is 0. The molecule has 0 aliphatic carbocycles. The molecule has 0 rings (SSSR count). The number of aliphatic imine (C=N–C) groups is 3. The van der Waals surface area contributed by atoms with Crippen molar-refractivity contribution in [3.05, 3.63) is 0 Å². The third-order valence-corrected chi connectivity index (χ3v) is 7.59. The molecule has 0 atom stereocenters. The topological polar surface area (TPSA) is 368 Å². The summed E-state index contributed by atoms with van der Waals surface area (Å²) in [7, 11) is 0. The van der Waals surface area contributed by atoms with Crippen LogP contribution in [-0.4, -0.2) is 146 Å². The number of nitrogens with zero attached hydrogens (tertiary/aromatic N) is 3. The highest BCUT2D eigenvalue weighted by Crippen LogP contribution is 2.12. The number of rotatable bonds is 18. The number of hydrogen-bond donors (Lipinski definition) is 8. The van der Waals surface area contributed by atoms with Crippen LogP contribution in [0.4, 0.5) is 24.0 Å². The number of carbonyl (C=O) groups excluding carboxylic acids is 7. The van der Waals surface area contributed by atoms with Gasteiger partial charge in [-0.1, -0.05) is 32.0 Å². The Morgan fingerprint density at radius 2 is 0.855 bits per heavy atom. The van der Waals surface area contributed by atoms with Gasteiger partial charge >= 0.3 is 42.4 Å². The van der Waals surface area contributed by atoms with Crippen molar-refractivity contribution >= 4 is 71.3 Å². The van der Waals surface area contributed by atoms with Gasteiger partial charge in [-0.2, -0.15) is 4.99 Å². The molecule has 0 radical (unpaired) electrons. The first-order valence-corrected chi connectivity index (χ1v) is 26.4. The second kappa shape index (κ2) is 49.1. The maximum atomic E-state index is 11.9. The van der Waals surface area contributed by atoms with E-state index in [1.165, 1.54) is 0 Å². The van der Waals surface area contributed by atoms with E-state index in [9.17, 15) is 33.6 Å². The molecule has 0 unspecified atom stereocenters. The minimum Gasteiger partial charge on any atom is -0.460 e. The maximum absolute atomic E-state index is 11.9. The molecule has 5 amide bonds. The lowest BCUT2D eigenvalue weighted by Gasteiger charge is -2.20. The van der Waals surface area contributed by atoms with Crippen molar-refractivity contribution in [3.8, 4) is 0 Å². The molecule has 0 heterocycles. The Kier molecular flexibility index (Phi) is 52.9. The molecule has 11 N–H and O–H groups in total. The van der Waals surface area contributed by atoms with E-state index in [1.54, 1.807) is 75.5 Å². The SMILES string of the molecule is C.CC(C)(C)OC(=O)CCCCCN.CCO.CCOC(=O)N=C(NC(=O)OC(C)(C)C)SC.CCOC(=O)NC(=NCCCCCC(=O)OC(C)(C)C)NC(=O)OC(C)(C)C.CCOC(=O)NC(N)=NCCCCN. The Morgan fingerprint density at radius 3 is 1.25 bits per heavy atom. The molecular formula is C50H102N10O15S. The first-order chi connectivity index (χ1) is 34.7. The van der Waals surface area contributed by atoms with Gasteiger partial charge in [0.1, 0.15) is 22.4 Å². The van der Waals surface area contributed by atoms with Crippen molar-refractivity contribution in [2.45, 2.75) is 205 Å². The molecule has 0 fully saturated rings. The predicted octanol–water partition coefficient (Wildman–Crippen LogP) is 8.17. The van der Waals surface area contributed by atoms with Crippen LogP contribution < -0.4 is 38.5 Å². The fourth-order valence-electron chi connectivity index (χ4n) is 4.42. The zero-order valence-electron chi connectivity index (χ0n) is 48.4. The van der Waals surface area contributed by atoms with Gasteiger partial charge in [0.25, 0.3) is 0 Å². The average Bonchev–Trinajstić information content (AvgIpc) is 3.23. The fourth-order valence-corrected chi connectivity index (χ4v) is 4.77. The normalized spacial score (nSPS) is 11.4. The first kappa shape index (κ1) is 81.9. The van der Waals surface area contributed by atoms with Gasteiger partial charge in [-0.05, 0) is 169 Å². The first-order valence-electron chi connectivity index (χ1n) is 25.1. The summed E-state index contributed by atoms with van der Waals surface area (Å²) in [5, 5.41) is 17.1. The minimum atomic E-state index is -0.743. The quantitative estimate of drug-likeness (QED) is 0.0211. The van der Waals surface area contributed by atoms with Crippen molar-refractivity contribution in [2.75, 3.05) is 58.9 Å². The van der Waals surface area contributed by atoms with Crippen LogP contribution in [-0.2, 0) is 42.7 Å². The van der Waals surface area contributed by atoms with Crippen LogP contribution in [0.5, 0.6) is 0 Å². The van der Waals surface area contributed by atoms with Gasteiger partial charge in [0, 0.05) is 32.5 Å². The number of thioether (sulfide) groups is 1. The molecule has 76 heavy (non-hydrogen) atoms. The summed E-state index contributed by atoms with van der Waals surface area (Å²) < 4.78 is 34.6. The van der Waals surface area contributed by atoms with Crippen molar-refractivity contribution in [1.29, 1.82) is 0 Å². The van der Waals surface area contributed by atoms with Crippen LogP contribution >= 0.6 is 11.8 Å². The number of guanidine groups is 2. The Morgan fingerprint density at radius 1 is 0.500 bits per heavy atom. The molecular weight excluding hydrogens is 1010 g/mol. The third kappa shape index (κ3) is 70.6. The van der Waals surface area contributed by atoms with Gasteiger partial charge < -0.3 is 55.5 Å². The Labute approximate surface area is 458 Å². The average molecular weight is 1120 g/mol. The van der Waals surface area contributed by atoms with Gasteiger partial charge in [0.2, 0.25) is 5.96 Å². The van der Waals surface area contributed by atoms with Crippen molar-refractivity contribution < 1.29 is 71.8 Å². The number of nitrogens with two attached hydrogens (primary N) is 3. The second-order valence-electron chi connectivity index (χ2n) is 19.2. The van der Waals surface area contributed by atoms with E-state index >= 15 is 0 Å².